The van der Waals surface area contributed by atoms with E-state index in [-0.39, 0.29) is 0 Å². The van der Waals surface area contributed by atoms with Crippen LogP contribution < -0.4 is 5.32 Å². The minimum absolute atomic E-state index is 0.566. The molecule has 1 atom stereocenters. The van der Waals surface area contributed by atoms with Crippen molar-refractivity contribution in [1.29, 1.82) is 0 Å². The number of rotatable bonds is 5. The Morgan fingerprint density at radius 2 is 1.95 bits per heavy atom. The largest absolute Gasteiger partial charge is 0.314 e. The number of hydrogen-bond acceptors (Lipinski definition) is 1. The fraction of sp³-hybridized carbons (Fsp3) is 0.684. The molecular weight excluding hydrogens is 242 g/mol. The molecule has 1 heteroatoms. The van der Waals surface area contributed by atoms with Gasteiger partial charge in [-0.1, -0.05) is 50.6 Å². The molecule has 1 aromatic rings. The molecule has 1 aliphatic carbocycles. The molecule has 0 spiro atoms. The highest BCUT2D eigenvalue weighted by Crippen LogP contribution is 2.39. The lowest BCUT2D eigenvalue weighted by atomic mass is 9.70. The molecular formula is C19H31N. The first kappa shape index (κ1) is 15.6. The van der Waals surface area contributed by atoms with Gasteiger partial charge in [0.15, 0.2) is 0 Å². The number of likely N-dealkylation sites (N-methyl/N-ethyl adjacent to an activating group) is 1. The topological polar surface area (TPSA) is 12.0 Å². The Bertz CT molecular complexity index is 412. The molecule has 112 valence electrons. The second kappa shape index (κ2) is 6.76. The Balaban J connectivity index is 2.00. The molecule has 1 aliphatic rings. The van der Waals surface area contributed by atoms with Crippen molar-refractivity contribution in [1.82, 2.24) is 5.32 Å². The maximum atomic E-state index is 3.75. The van der Waals surface area contributed by atoms with E-state index in [2.05, 4.69) is 57.3 Å². The van der Waals surface area contributed by atoms with Crippen LogP contribution in [0.2, 0.25) is 0 Å². The summed E-state index contributed by atoms with van der Waals surface area (Å²) in [6.07, 6.45) is 6.72. The zero-order valence-electron chi connectivity index (χ0n) is 13.7. The highest BCUT2D eigenvalue weighted by Gasteiger charge is 2.30. The third kappa shape index (κ3) is 4.34. The summed E-state index contributed by atoms with van der Waals surface area (Å²) in [6, 6.07) is 9.66. The second-order valence-electron chi connectivity index (χ2n) is 7.36. The van der Waals surface area contributed by atoms with Crippen molar-refractivity contribution in [3.63, 3.8) is 0 Å². The van der Waals surface area contributed by atoms with Gasteiger partial charge in [0.25, 0.3) is 0 Å². The standard InChI is InChI=1S/C19H31N/c1-5-20-18(14-16-8-6-7-15(2)13-16)17-9-11-19(3,4)12-10-17/h6-8,13,17-18,20H,5,9-12,14H2,1-4H3. The van der Waals surface area contributed by atoms with Crippen molar-refractivity contribution in [3.05, 3.63) is 35.4 Å². The SMILES string of the molecule is CCNC(Cc1cccc(C)c1)C1CCC(C)(C)CC1. The van der Waals surface area contributed by atoms with E-state index >= 15 is 0 Å². The first-order valence-electron chi connectivity index (χ1n) is 8.29. The van der Waals surface area contributed by atoms with E-state index in [4.69, 9.17) is 0 Å². The highest BCUT2D eigenvalue weighted by atomic mass is 14.9. The molecule has 0 aromatic heterocycles. The van der Waals surface area contributed by atoms with Crippen LogP contribution in [0.1, 0.15) is 57.6 Å². The summed E-state index contributed by atoms with van der Waals surface area (Å²) >= 11 is 0. The average molecular weight is 273 g/mol. The molecule has 1 fully saturated rings. The van der Waals surface area contributed by atoms with Crippen LogP contribution in [-0.2, 0) is 6.42 Å². The number of nitrogens with one attached hydrogen (secondary N) is 1. The fourth-order valence-corrected chi connectivity index (χ4v) is 3.58. The molecule has 0 saturated heterocycles. The summed E-state index contributed by atoms with van der Waals surface area (Å²) in [4.78, 5) is 0. The Morgan fingerprint density at radius 1 is 1.25 bits per heavy atom. The van der Waals surface area contributed by atoms with Gasteiger partial charge in [-0.25, -0.2) is 0 Å². The van der Waals surface area contributed by atoms with Gasteiger partial charge in [-0.3, -0.25) is 0 Å². The van der Waals surface area contributed by atoms with Gasteiger partial charge in [0.1, 0.15) is 0 Å². The zero-order chi connectivity index (χ0) is 14.6. The molecule has 0 aliphatic heterocycles. The summed E-state index contributed by atoms with van der Waals surface area (Å²) in [5.41, 5.74) is 3.43. The summed E-state index contributed by atoms with van der Waals surface area (Å²) < 4.78 is 0. The van der Waals surface area contributed by atoms with Crippen molar-refractivity contribution in [2.45, 2.75) is 65.8 Å². The first-order chi connectivity index (χ1) is 9.50. The molecule has 0 amide bonds. The van der Waals surface area contributed by atoms with Crippen LogP contribution in [0.3, 0.4) is 0 Å². The Labute approximate surface area is 125 Å². The molecule has 1 aromatic carbocycles. The van der Waals surface area contributed by atoms with Crippen LogP contribution in [0.25, 0.3) is 0 Å². The molecule has 1 unspecified atom stereocenters. The van der Waals surface area contributed by atoms with Gasteiger partial charge in [-0.05, 0) is 62.5 Å². The Morgan fingerprint density at radius 3 is 2.55 bits per heavy atom. The molecule has 20 heavy (non-hydrogen) atoms. The summed E-state index contributed by atoms with van der Waals surface area (Å²) in [5.74, 6) is 0.850. The van der Waals surface area contributed by atoms with E-state index in [0.29, 0.717) is 11.5 Å². The minimum Gasteiger partial charge on any atom is -0.314 e. The zero-order valence-corrected chi connectivity index (χ0v) is 13.7. The van der Waals surface area contributed by atoms with Gasteiger partial charge in [-0.2, -0.15) is 0 Å². The van der Waals surface area contributed by atoms with E-state index in [9.17, 15) is 0 Å². The monoisotopic (exact) mass is 273 g/mol. The van der Waals surface area contributed by atoms with Gasteiger partial charge in [0, 0.05) is 6.04 Å². The smallest absolute Gasteiger partial charge is 0.0136 e. The third-order valence-corrected chi connectivity index (χ3v) is 4.96. The van der Waals surface area contributed by atoms with Crippen molar-refractivity contribution in [2.24, 2.45) is 11.3 Å². The van der Waals surface area contributed by atoms with Crippen molar-refractivity contribution >= 4 is 0 Å². The summed E-state index contributed by atoms with van der Waals surface area (Å²) in [6.45, 7) is 10.3. The Kier molecular flexibility index (Phi) is 5.26. The van der Waals surface area contributed by atoms with E-state index in [1.54, 1.807) is 0 Å². The Hall–Kier alpha value is -0.820. The fourth-order valence-electron chi connectivity index (χ4n) is 3.58. The predicted octanol–water partition coefficient (Wildman–Crippen LogP) is 4.73. The second-order valence-corrected chi connectivity index (χ2v) is 7.36. The van der Waals surface area contributed by atoms with Crippen LogP contribution in [-0.4, -0.2) is 12.6 Å². The summed E-state index contributed by atoms with van der Waals surface area (Å²) in [7, 11) is 0. The van der Waals surface area contributed by atoms with Gasteiger partial charge in [-0.15, -0.1) is 0 Å². The van der Waals surface area contributed by atoms with Gasteiger partial charge in [0.2, 0.25) is 0 Å². The maximum absolute atomic E-state index is 3.75. The normalized spacial score (nSPS) is 20.8. The first-order valence-corrected chi connectivity index (χ1v) is 8.29. The molecule has 1 N–H and O–H groups in total. The van der Waals surface area contributed by atoms with E-state index in [1.807, 2.05) is 0 Å². The van der Waals surface area contributed by atoms with Gasteiger partial charge < -0.3 is 5.32 Å². The molecule has 0 bridgehead atoms. The predicted molar refractivity (Wildman–Crippen MR) is 88.1 cm³/mol. The number of aryl methyl sites for hydroxylation is 1. The third-order valence-electron chi connectivity index (χ3n) is 4.96. The van der Waals surface area contributed by atoms with E-state index in [0.717, 1.165) is 12.5 Å². The minimum atomic E-state index is 0.566. The van der Waals surface area contributed by atoms with E-state index < -0.39 is 0 Å². The lowest BCUT2D eigenvalue weighted by Gasteiger charge is -2.38. The summed E-state index contributed by atoms with van der Waals surface area (Å²) in [5, 5.41) is 3.75. The molecule has 1 nitrogen and oxygen atoms in total. The average Bonchev–Trinajstić information content (AvgIpc) is 2.38. The maximum Gasteiger partial charge on any atom is 0.0136 e. The lowest BCUT2D eigenvalue weighted by molar-refractivity contribution is 0.161. The molecule has 0 radical (unpaired) electrons. The van der Waals surface area contributed by atoms with Crippen molar-refractivity contribution < 1.29 is 0 Å². The quantitative estimate of drug-likeness (QED) is 0.817. The van der Waals surface area contributed by atoms with Gasteiger partial charge >= 0.3 is 0 Å². The lowest BCUT2D eigenvalue weighted by Crippen LogP contribution is -2.40. The van der Waals surface area contributed by atoms with E-state index in [1.165, 1.54) is 43.2 Å². The highest BCUT2D eigenvalue weighted by molar-refractivity contribution is 5.23. The van der Waals surface area contributed by atoms with Crippen LogP contribution >= 0.6 is 0 Å². The number of benzene rings is 1. The molecule has 2 rings (SSSR count). The van der Waals surface area contributed by atoms with Crippen LogP contribution in [0.4, 0.5) is 0 Å². The van der Waals surface area contributed by atoms with Crippen molar-refractivity contribution in [2.75, 3.05) is 6.54 Å². The van der Waals surface area contributed by atoms with Crippen LogP contribution in [0.15, 0.2) is 24.3 Å². The van der Waals surface area contributed by atoms with Crippen LogP contribution in [0, 0.1) is 18.3 Å². The molecule has 1 saturated carbocycles. The van der Waals surface area contributed by atoms with Gasteiger partial charge in [0.05, 0.1) is 0 Å². The number of hydrogen-bond donors (Lipinski definition) is 1. The molecule has 0 heterocycles. The van der Waals surface area contributed by atoms with Crippen LogP contribution in [0.5, 0.6) is 0 Å². The van der Waals surface area contributed by atoms with Crippen molar-refractivity contribution in [3.8, 4) is 0 Å².